The summed E-state index contributed by atoms with van der Waals surface area (Å²) in [6.07, 6.45) is 0. The van der Waals surface area contributed by atoms with Gasteiger partial charge in [-0.25, -0.2) is 4.98 Å². The van der Waals surface area contributed by atoms with E-state index in [-0.39, 0.29) is 5.91 Å². The van der Waals surface area contributed by atoms with Crippen LogP contribution in [0.4, 0.5) is 0 Å². The highest BCUT2D eigenvalue weighted by molar-refractivity contribution is 6.31. The first kappa shape index (κ1) is 19.5. The molecule has 0 atom stereocenters. The molecule has 0 bridgehead atoms. The number of fused-ring (bicyclic) bond motifs is 1. The third-order valence-corrected chi connectivity index (χ3v) is 4.92. The van der Waals surface area contributed by atoms with Crippen LogP contribution in [0.1, 0.15) is 48.5 Å². The third-order valence-electron chi connectivity index (χ3n) is 4.69. The minimum Gasteiger partial charge on any atom is -0.456 e. The molecule has 0 unspecified atom stereocenters. The molecule has 3 rings (SSSR count). The van der Waals surface area contributed by atoms with Crippen LogP contribution in [0.2, 0.25) is 5.02 Å². The van der Waals surface area contributed by atoms with Gasteiger partial charge in [0, 0.05) is 18.1 Å². The molecule has 0 saturated carbocycles. The first-order valence-electron chi connectivity index (χ1n) is 9.31. The number of halogens is 1. The molecule has 1 aromatic carbocycles. The predicted octanol–water partition coefficient (Wildman–Crippen LogP) is 5.22. The van der Waals surface area contributed by atoms with Crippen molar-refractivity contribution in [1.82, 2.24) is 14.5 Å². The summed E-state index contributed by atoms with van der Waals surface area (Å²) in [5.41, 5.74) is 2.86. The normalized spacial score (nSPS) is 11.5. The summed E-state index contributed by atoms with van der Waals surface area (Å²) in [5.74, 6) is 2.24. The van der Waals surface area contributed by atoms with Gasteiger partial charge in [-0.1, -0.05) is 25.4 Å². The van der Waals surface area contributed by atoms with Gasteiger partial charge in [-0.15, -0.1) is 0 Å². The second-order valence-corrected chi connectivity index (χ2v) is 7.77. The third kappa shape index (κ3) is 4.03. The van der Waals surface area contributed by atoms with Gasteiger partial charge in [0.25, 0.3) is 5.91 Å². The number of furan rings is 1. The lowest BCUT2D eigenvalue weighted by molar-refractivity contribution is 0.0682. The Morgan fingerprint density at radius 2 is 2.04 bits per heavy atom. The minimum atomic E-state index is -0.104. The number of benzene rings is 1. The first-order chi connectivity index (χ1) is 12.8. The predicted molar refractivity (Wildman–Crippen MR) is 108 cm³/mol. The van der Waals surface area contributed by atoms with Crippen LogP contribution in [0.25, 0.3) is 11.0 Å². The van der Waals surface area contributed by atoms with Gasteiger partial charge < -0.3 is 13.9 Å². The van der Waals surface area contributed by atoms with Gasteiger partial charge in [-0.3, -0.25) is 4.79 Å². The summed E-state index contributed by atoms with van der Waals surface area (Å²) in [6.45, 7) is 11.9. The molecule has 2 heterocycles. The van der Waals surface area contributed by atoms with E-state index in [4.69, 9.17) is 21.0 Å². The zero-order valence-corrected chi connectivity index (χ0v) is 17.3. The van der Waals surface area contributed by atoms with E-state index in [2.05, 4.69) is 25.3 Å². The molecule has 0 fully saturated rings. The standard InChI is InChI=1S/C21H26ClN3O2/c1-6-25-18-10-16(22)7-8-17(18)23-20(25)12-24(11-13(2)3)21(26)19-9-14(4)15(5)27-19/h7-10,13H,6,11-12H2,1-5H3. The van der Waals surface area contributed by atoms with Gasteiger partial charge in [0.15, 0.2) is 5.76 Å². The molecule has 5 nitrogen and oxygen atoms in total. The van der Waals surface area contributed by atoms with Crippen molar-refractivity contribution in [2.24, 2.45) is 5.92 Å². The maximum absolute atomic E-state index is 13.1. The van der Waals surface area contributed by atoms with E-state index >= 15 is 0 Å². The van der Waals surface area contributed by atoms with Crippen molar-refractivity contribution in [3.8, 4) is 0 Å². The summed E-state index contributed by atoms with van der Waals surface area (Å²) in [7, 11) is 0. The molecule has 0 N–H and O–H groups in total. The molecule has 6 heteroatoms. The summed E-state index contributed by atoms with van der Waals surface area (Å²) < 4.78 is 7.78. The van der Waals surface area contributed by atoms with Crippen molar-refractivity contribution < 1.29 is 9.21 Å². The van der Waals surface area contributed by atoms with Gasteiger partial charge in [-0.05, 0) is 56.5 Å². The number of carbonyl (C=O) groups excluding carboxylic acids is 1. The van der Waals surface area contributed by atoms with Gasteiger partial charge in [0.1, 0.15) is 11.6 Å². The lowest BCUT2D eigenvalue weighted by Gasteiger charge is -2.23. The molecule has 1 amide bonds. The Morgan fingerprint density at radius 1 is 1.30 bits per heavy atom. The molecule has 0 radical (unpaired) electrons. The topological polar surface area (TPSA) is 51.3 Å². The largest absolute Gasteiger partial charge is 0.456 e. The van der Waals surface area contributed by atoms with Gasteiger partial charge in [0.05, 0.1) is 17.6 Å². The average molecular weight is 388 g/mol. The van der Waals surface area contributed by atoms with Crippen LogP contribution in [0.15, 0.2) is 28.7 Å². The highest BCUT2D eigenvalue weighted by Crippen LogP contribution is 2.23. The number of hydrogen-bond acceptors (Lipinski definition) is 3. The molecule has 0 aliphatic heterocycles. The van der Waals surface area contributed by atoms with Crippen molar-refractivity contribution >= 4 is 28.5 Å². The van der Waals surface area contributed by atoms with E-state index in [1.807, 2.05) is 43.0 Å². The maximum Gasteiger partial charge on any atom is 0.289 e. The number of amides is 1. The highest BCUT2D eigenvalue weighted by Gasteiger charge is 2.23. The lowest BCUT2D eigenvalue weighted by Crippen LogP contribution is -2.34. The molecule has 0 aliphatic rings. The van der Waals surface area contributed by atoms with Crippen molar-refractivity contribution in [3.05, 3.63) is 52.2 Å². The number of hydrogen-bond donors (Lipinski definition) is 0. The Hall–Kier alpha value is -2.27. The molecule has 0 spiro atoms. The van der Waals surface area contributed by atoms with Crippen molar-refractivity contribution in [1.29, 1.82) is 0 Å². The van der Waals surface area contributed by atoms with Crippen LogP contribution in [-0.4, -0.2) is 26.9 Å². The Bertz CT molecular complexity index is 952. The number of rotatable bonds is 6. The van der Waals surface area contributed by atoms with Gasteiger partial charge in [-0.2, -0.15) is 0 Å². The van der Waals surface area contributed by atoms with Crippen LogP contribution in [-0.2, 0) is 13.1 Å². The SMILES string of the molecule is CCn1c(CN(CC(C)C)C(=O)c2cc(C)c(C)o2)nc2ccc(Cl)cc21. The summed E-state index contributed by atoms with van der Waals surface area (Å²) in [5, 5.41) is 0.681. The Morgan fingerprint density at radius 3 is 2.63 bits per heavy atom. The number of imidazole rings is 1. The Balaban J connectivity index is 1.97. The van der Waals surface area contributed by atoms with Crippen LogP contribution < -0.4 is 0 Å². The summed E-state index contributed by atoms with van der Waals surface area (Å²) in [6, 6.07) is 7.49. The fraction of sp³-hybridized carbons (Fsp3) is 0.429. The second-order valence-electron chi connectivity index (χ2n) is 7.33. The smallest absolute Gasteiger partial charge is 0.289 e. The zero-order valence-electron chi connectivity index (χ0n) is 16.5. The fourth-order valence-corrected chi connectivity index (χ4v) is 3.45. The van der Waals surface area contributed by atoms with E-state index in [1.54, 1.807) is 0 Å². The zero-order chi connectivity index (χ0) is 19.7. The first-order valence-corrected chi connectivity index (χ1v) is 9.69. The lowest BCUT2D eigenvalue weighted by atomic mass is 10.2. The molecular weight excluding hydrogens is 362 g/mol. The van der Waals surface area contributed by atoms with Gasteiger partial charge in [0.2, 0.25) is 0 Å². The van der Waals surface area contributed by atoms with Crippen LogP contribution in [0.5, 0.6) is 0 Å². The molecule has 144 valence electrons. The quantitative estimate of drug-likeness (QED) is 0.582. The van der Waals surface area contributed by atoms with E-state index in [1.165, 1.54) is 0 Å². The van der Waals surface area contributed by atoms with Crippen LogP contribution >= 0.6 is 11.6 Å². The van der Waals surface area contributed by atoms with Crippen LogP contribution in [0, 0.1) is 19.8 Å². The van der Waals surface area contributed by atoms with Gasteiger partial charge >= 0.3 is 0 Å². The van der Waals surface area contributed by atoms with Crippen LogP contribution in [0.3, 0.4) is 0 Å². The number of aromatic nitrogens is 2. The summed E-state index contributed by atoms with van der Waals surface area (Å²) in [4.78, 5) is 19.7. The minimum absolute atomic E-state index is 0.104. The Kier molecular flexibility index (Phi) is 5.61. The molecular formula is C21H26ClN3O2. The maximum atomic E-state index is 13.1. The second kappa shape index (κ2) is 7.77. The number of aryl methyl sites for hydroxylation is 3. The number of carbonyl (C=O) groups is 1. The molecule has 27 heavy (non-hydrogen) atoms. The highest BCUT2D eigenvalue weighted by atomic mass is 35.5. The van der Waals surface area contributed by atoms with Crippen molar-refractivity contribution in [2.75, 3.05) is 6.54 Å². The molecule has 3 aromatic rings. The summed E-state index contributed by atoms with van der Waals surface area (Å²) >= 11 is 6.16. The average Bonchev–Trinajstić information content (AvgIpc) is 3.12. The molecule has 0 saturated heterocycles. The number of nitrogens with zero attached hydrogens (tertiary/aromatic N) is 3. The van der Waals surface area contributed by atoms with Crippen molar-refractivity contribution in [3.63, 3.8) is 0 Å². The fourth-order valence-electron chi connectivity index (χ4n) is 3.28. The van der Waals surface area contributed by atoms with E-state index in [0.29, 0.717) is 29.8 Å². The van der Waals surface area contributed by atoms with E-state index < -0.39 is 0 Å². The van der Waals surface area contributed by atoms with Crippen molar-refractivity contribution in [2.45, 2.75) is 47.7 Å². The van der Waals surface area contributed by atoms with E-state index in [9.17, 15) is 4.79 Å². The molecule has 2 aromatic heterocycles. The monoisotopic (exact) mass is 387 g/mol. The van der Waals surface area contributed by atoms with E-state index in [0.717, 1.165) is 34.7 Å². The Labute approximate surface area is 164 Å². The molecule has 0 aliphatic carbocycles.